The SMILES string of the molecule is c1ccc(-c2ccc(C(c3ccc(-c4cccc(-n5c6ccccc6c6ccccc65)c4)cc3)c3cccc4ccccc34)cc2)cc1.c1ccc(-c2ccc(N(c3ccc(-c4ccc(-n5c6ccccc6c6ccccc65)cc4)cc3)c3cccc4ccccc34)cc2)cc1. The lowest BCUT2D eigenvalue weighted by Gasteiger charge is -2.27. The van der Waals surface area contributed by atoms with E-state index in [9.17, 15) is 0 Å². The Hall–Kier alpha value is -12.6. The van der Waals surface area contributed by atoms with E-state index in [0.717, 1.165) is 22.7 Å². The quantitative estimate of drug-likeness (QED) is 0.111. The Morgan fingerprint density at radius 3 is 1.01 bits per heavy atom. The Balaban J connectivity index is 0.000000145. The van der Waals surface area contributed by atoms with E-state index in [1.165, 1.54) is 132 Å². The minimum atomic E-state index is 0.0962. The summed E-state index contributed by atoms with van der Waals surface area (Å²) in [6, 6.07) is 141. The molecule has 3 nitrogen and oxygen atoms in total. The molecule has 1 unspecified atom stereocenters. The molecule has 0 aliphatic rings. The van der Waals surface area contributed by atoms with Gasteiger partial charge in [0.25, 0.3) is 0 Å². The number of nitrogens with zero attached hydrogens (tertiary/aromatic N) is 3. The van der Waals surface area contributed by atoms with Gasteiger partial charge in [-0.3, -0.25) is 0 Å². The molecule has 2 heterocycles. The fourth-order valence-corrected chi connectivity index (χ4v) is 14.5. The number of para-hydroxylation sites is 4. The maximum Gasteiger partial charge on any atom is 0.0541 e. The van der Waals surface area contributed by atoms with Gasteiger partial charge in [-0.25, -0.2) is 0 Å². The normalized spacial score (nSPS) is 11.7. The van der Waals surface area contributed by atoms with Gasteiger partial charge >= 0.3 is 0 Å². The number of fused-ring (bicyclic) bond motifs is 8. The molecule has 1 atom stereocenters. The van der Waals surface area contributed by atoms with Crippen molar-refractivity contribution in [2.75, 3.05) is 4.90 Å². The molecule has 0 amide bonds. The highest BCUT2D eigenvalue weighted by atomic mass is 15.1. The van der Waals surface area contributed by atoms with Crippen LogP contribution in [0, 0.1) is 0 Å². The van der Waals surface area contributed by atoms with Crippen LogP contribution in [0.4, 0.5) is 17.1 Å². The van der Waals surface area contributed by atoms with E-state index in [1.54, 1.807) is 0 Å². The van der Waals surface area contributed by atoms with Crippen molar-refractivity contribution in [3.05, 3.63) is 405 Å². The van der Waals surface area contributed by atoms with Gasteiger partial charge in [-0.1, -0.05) is 309 Å². The third-order valence-corrected chi connectivity index (χ3v) is 19.2. The summed E-state index contributed by atoms with van der Waals surface area (Å²) in [4.78, 5) is 2.37. The molecular weight excluding hydrogens is 1160 g/mol. The Kier molecular flexibility index (Phi) is 15.0. The molecule has 452 valence electrons. The van der Waals surface area contributed by atoms with E-state index >= 15 is 0 Å². The van der Waals surface area contributed by atoms with Crippen molar-refractivity contribution in [3.8, 4) is 55.9 Å². The van der Waals surface area contributed by atoms with Crippen LogP contribution in [0.5, 0.6) is 0 Å². The van der Waals surface area contributed by atoms with Crippen molar-refractivity contribution < 1.29 is 0 Å². The molecule has 18 rings (SSSR count). The van der Waals surface area contributed by atoms with Gasteiger partial charge < -0.3 is 14.0 Å². The lowest BCUT2D eigenvalue weighted by atomic mass is 9.82. The molecule has 2 aromatic heterocycles. The fourth-order valence-electron chi connectivity index (χ4n) is 14.5. The molecule has 0 radical (unpaired) electrons. The molecule has 0 saturated heterocycles. The Labute approximate surface area is 559 Å². The summed E-state index contributed by atoms with van der Waals surface area (Å²) in [6.07, 6.45) is 0. The first-order valence-electron chi connectivity index (χ1n) is 33.1. The number of aromatic nitrogens is 2. The molecule has 0 fully saturated rings. The van der Waals surface area contributed by atoms with Crippen molar-refractivity contribution in [2.45, 2.75) is 5.92 Å². The van der Waals surface area contributed by atoms with E-state index in [0.29, 0.717) is 0 Å². The molecule has 18 aromatic rings. The largest absolute Gasteiger partial charge is 0.310 e. The van der Waals surface area contributed by atoms with Gasteiger partial charge in [0.1, 0.15) is 0 Å². The number of benzene rings is 16. The van der Waals surface area contributed by atoms with Crippen LogP contribution < -0.4 is 4.90 Å². The first-order valence-corrected chi connectivity index (χ1v) is 33.1. The summed E-state index contributed by atoms with van der Waals surface area (Å²) in [6.45, 7) is 0. The number of hydrogen-bond donors (Lipinski definition) is 0. The fraction of sp³-hybridized carbons (Fsp3) is 0.0108. The van der Waals surface area contributed by atoms with Crippen molar-refractivity contribution in [1.29, 1.82) is 0 Å². The second-order valence-electron chi connectivity index (χ2n) is 24.7. The van der Waals surface area contributed by atoms with Crippen LogP contribution >= 0.6 is 0 Å². The predicted molar refractivity (Wildman–Crippen MR) is 407 cm³/mol. The van der Waals surface area contributed by atoms with Gasteiger partial charge in [0.15, 0.2) is 0 Å². The summed E-state index contributed by atoms with van der Waals surface area (Å²) in [5.74, 6) is 0.0962. The molecule has 0 aliphatic carbocycles. The Morgan fingerprint density at radius 1 is 0.208 bits per heavy atom. The van der Waals surface area contributed by atoms with Crippen LogP contribution in [-0.4, -0.2) is 9.13 Å². The molecule has 0 aliphatic heterocycles. The molecule has 3 heteroatoms. The highest BCUT2D eigenvalue weighted by Crippen LogP contribution is 2.43. The average Bonchev–Trinajstić information content (AvgIpc) is 1.48. The first-order chi connectivity index (χ1) is 47.6. The molecule has 0 bridgehead atoms. The molecule has 96 heavy (non-hydrogen) atoms. The maximum atomic E-state index is 2.39. The van der Waals surface area contributed by atoms with Gasteiger partial charge in [-0.05, 0) is 156 Å². The Morgan fingerprint density at radius 2 is 0.531 bits per heavy atom. The minimum absolute atomic E-state index is 0.0962. The summed E-state index contributed by atoms with van der Waals surface area (Å²) < 4.78 is 4.75. The molecule has 0 saturated carbocycles. The van der Waals surface area contributed by atoms with E-state index in [2.05, 4.69) is 402 Å². The highest BCUT2D eigenvalue weighted by molar-refractivity contribution is 6.10. The number of rotatable bonds is 12. The van der Waals surface area contributed by atoms with Crippen molar-refractivity contribution in [3.63, 3.8) is 0 Å². The van der Waals surface area contributed by atoms with Gasteiger partial charge in [-0.15, -0.1) is 0 Å². The summed E-state index contributed by atoms with van der Waals surface area (Å²) in [5.41, 5.74) is 24.2. The third-order valence-electron chi connectivity index (χ3n) is 19.2. The average molecular weight is 1220 g/mol. The third kappa shape index (κ3) is 10.7. The van der Waals surface area contributed by atoms with Gasteiger partial charge in [0.05, 0.1) is 27.8 Å². The summed E-state index contributed by atoms with van der Waals surface area (Å²) in [5, 5.41) is 10.1. The number of anilines is 3. The zero-order valence-electron chi connectivity index (χ0n) is 52.9. The summed E-state index contributed by atoms with van der Waals surface area (Å²) >= 11 is 0. The maximum absolute atomic E-state index is 2.39. The van der Waals surface area contributed by atoms with Crippen LogP contribution in [0.2, 0.25) is 0 Å². The second kappa shape index (κ2) is 25.2. The molecule has 0 spiro atoms. The molecular formula is C93H65N3. The molecule has 0 N–H and O–H groups in total. The smallest absolute Gasteiger partial charge is 0.0541 e. The van der Waals surface area contributed by atoms with Gasteiger partial charge in [-0.2, -0.15) is 0 Å². The zero-order valence-corrected chi connectivity index (χ0v) is 52.9. The number of hydrogen-bond acceptors (Lipinski definition) is 1. The molecule has 16 aromatic carbocycles. The lowest BCUT2D eigenvalue weighted by Crippen LogP contribution is -2.10. The van der Waals surface area contributed by atoms with Crippen LogP contribution in [0.15, 0.2) is 388 Å². The minimum Gasteiger partial charge on any atom is -0.310 e. The van der Waals surface area contributed by atoms with Crippen LogP contribution in [0.1, 0.15) is 22.6 Å². The van der Waals surface area contributed by atoms with Crippen molar-refractivity contribution in [2.24, 2.45) is 0 Å². The summed E-state index contributed by atoms with van der Waals surface area (Å²) in [7, 11) is 0. The lowest BCUT2D eigenvalue weighted by molar-refractivity contribution is 0.990. The van der Waals surface area contributed by atoms with E-state index in [1.807, 2.05) is 0 Å². The van der Waals surface area contributed by atoms with Crippen molar-refractivity contribution in [1.82, 2.24) is 9.13 Å². The zero-order chi connectivity index (χ0) is 63.7. The first kappa shape index (κ1) is 57.3. The Bertz CT molecular complexity index is 5670. The standard InChI is InChI=1S/C47H33N.C46H32N2/c1-2-12-33(13-3-1)34-24-28-37(29-25-34)47(44-21-11-15-36-14-4-5-18-41(36)44)38-30-26-35(27-31-38)39-16-10-17-40(32-39)48-45-22-8-6-19-42(45)43-20-7-9-23-46(43)48;1-2-11-33(12-3-1)34-21-27-38(28-22-34)47(44-20-10-14-37-13-4-5-15-41(37)44)39-29-23-35(24-30-39)36-25-31-40(32-26-36)48-45-18-8-6-16-42(45)43-17-7-9-19-46(43)48/h1-32,47H;1-32H. The highest BCUT2D eigenvalue weighted by Gasteiger charge is 2.22. The van der Waals surface area contributed by atoms with E-state index in [4.69, 9.17) is 0 Å². The van der Waals surface area contributed by atoms with Crippen LogP contribution in [0.25, 0.3) is 121 Å². The van der Waals surface area contributed by atoms with Crippen LogP contribution in [0.3, 0.4) is 0 Å². The topological polar surface area (TPSA) is 13.1 Å². The van der Waals surface area contributed by atoms with Gasteiger partial charge in [0, 0.05) is 55.6 Å². The predicted octanol–water partition coefficient (Wildman–Crippen LogP) is 25.2. The van der Waals surface area contributed by atoms with E-state index < -0.39 is 0 Å². The van der Waals surface area contributed by atoms with Crippen LogP contribution in [-0.2, 0) is 0 Å². The second-order valence-corrected chi connectivity index (χ2v) is 24.7. The monoisotopic (exact) mass is 1220 g/mol. The van der Waals surface area contributed by atoms with Gasteiger partial charge in [0.2, 0.25) is 0 Å². The van der Waals surface area contributed by atoms with E-state index in [-0.39, 0.29) is 5.92 Å². The van der Waals surface area contributed by atoms with Crippen molar-refractivity contribution >= 4 is 82.2 Å².